The molecule has 0 saturated carbocycles. The molecule has 1 aliphatic rings. The molecule has 1 aliphatic heterocycles. The van der Waals surface area contributed by atoms with E-state index in [4.69, 9.17) is 9.73 Å². The number of hydrogen-bond acceptors (Lipinski definition) is 3. The van der Waals surface area contributed by atoms with E-state index in [0.717, 1.165) is 43.7 Å². The topological polar surface area (TPSA) is 66.0 Å². The summed E-state index contributed by atoms with van der Waals surface area (Å²) < 4.78 is 5.44. The van der Waals surface area contributed by atoms with E-state index in [9.17, 15) is 4.79 Å². The van der Waals surface area contributed by atoms with Crippen LogP contribution in [-0.2, 0) is 11.3 Å². The molecule has 6 nitrogen and oxygen atoms in total. The molecule has 0 spiro atoms. The molecule has 0 aromatic heterocycles. The number of aliphatic imine (C=N–C) groups is 1. The van der Waals surface area contributed by atoms with Gasteiger partial charge in [0.15, 0.2) is 5.96 Å². The number of guanidine groups is 1. The van der Waals surface area contributed by atoms with Crippen LogP contribution in [0.1, 0.15) is 49.0 Å². The number of nitrogens with one attached hydrogen (secondary N) is 2. The summed E-state index contributed by atoms with van der Waals surface area (Å²) in [7, 11) is 2.10. The molecule has 0 radical (unpaired) electrons. The summed E-state index contributed by atoms with van der Waals surface area (Å²) in [5.74, 6) is 1.65. The van der Waals surface area contributed by atoms with E-state index in [1.54, 1.807) is 0 Å². The SMILES string of the molecule is CCNC(=O)c1ccc(CN=C(NCC)N(C)CCC2CCOCC2)cc1. The third-order valence-electron chi connectivity index (χ3n) is 4.87. The normalized spacial score (nSPS) is 15.4. The number of carbonyl (C=O) groups excluding carboxylic acids is 1. The van der Waals surface area contributed by atoms with Gasteiger partial charge in [-0.3, -0.25) is 4.79 Å². The van der Waals surface area contributed by atoms with Gasteiger partial charge in [-0.2, -0.15) is 0 Å². The number of benzene rings is 1. The quantitative estimate of drug-likeness (QED) is 0.542. The van der Waals surface area contributed by atoms with E-state index in [0.29, 0.717) is 18.7 Å². The molecule has 1 amide bonds. The molecule has 2 rings (SSSR count). The highest BCUT2D eigenvalue weighted by Crippen LogP contribution is 2.18. The second kappa shape index (κ2) is 11.6. The summed E-state index contributed by atoms with van der Waals surface area (Å²) in [5.41, 5.74) is 1.78. The summed E-state index contributed by atoms with van der Waals surface area (Å²) in [6.45, 7) is 8.87. The maximum Gasteiger partial charge on any atom is 0.251 e. The van der Waals surface area contributed by atoms with Gasteiger partial charge >= 0.3 is 0 Å². The fraction of sp³-hybridized carbons (Fsp3) is 0.619. The van der Waals surface area contributed by atoms with E-state index >= 15 is 0 Å². The van der Waals surface area contributed by atoms with Crippen molar-refractivity contribution in [3.8, 4) is 0 Å². The van der Waals surface area contributed by atoms with Gasteiger partial charge in [0.05, 0.1) is 6.54 Å². The van der Waals surface area contributed by atoms with Gasteiger partial charge in [-0.25, -0.2) is 4.99 Å². The highest BCUT2D eigenvalue weighted by molar-refractivity contribution is 5.94. The zero-order valence-electron chi connectivity index (χ0n) is 17.0. The van der Waals surface area contributed by atoms with Crippen LogP contribution in [0.15, 0.2) is 29.3 Å². The Morgan fingerprint density at radius 1 is 1.15 bits per heavy atom. The summed E-state index contributed by atoms with van der Waals surface area (Å²) >= 11 is 0. The zero-order valence-corrected chi connectivity index (χ0v) is 17.0. The standard InChI is InChI=1S/C21H34N4O2/c1-4-22-20(26)19-8-6-18(7-9-19)16-24-21(23-5-2)25(3)13-10-17-11-14-27-15-12-17/h6-9,17H,4-5,10-16H2,1-3H3,(H,22,26)(H,23,24). The van der Waals surface area contributed by atoms with Crippen LogP contribution >= 0.6 is 0 Å². The van der Waals surface area contributed by atoms with Crippen LogP contribution in [0, 0.1) is 5.92 Å². The number of hydrogen-bond donors (Lipinski definition) is 2. The number of nitrogens with zero attached hydrogens (tertiary/aromatic N) is 2. The third-order valence-corrected chi connectivity index (χ3v) is 4.87. The minimum Gasteiger partial charge on any atom is -0.381 e. The van der Waals surface area contributed by atoms with Crippen molar-refractivity contribution in [3.63, 3.8) is 0 Å². The molecule has 2 N–H and O–H groups in total. The van der Waals surface area contributed by atoms with E-state index in [2.05, 4.69) is 29.5 Å². The molecule has 0 atom stereocenters. The molecule has 0 aliphatic carbocycles. The van der Waals surface area contributed by atoms with Crippen molar-refractivity contribution in [2.24, 2.45) is 10.9 Å². The van der Waals surface area contributed by atoms with E-state index in [-0.39, 0.29) is 5.91 Å². The van der Waals surface area contributed by atoms with Crippen LogP contribution in [0.5, 0.6) is 0 Å². The molecule has 1 aromatic carbocycles. The van der Waals surface area contributed by atoms with Crippen molar-refractivity contribution in [3.05, 3.63) is 35.4 Å². The Balaban J connectivity index is 1.90. The Morgan fingerprint density at radius 3 is 2.44 bits per heavy atom. The van der Waals surface area contributed by atoms with Gasteiger partial charge in [0.25, 0.3) is 5.91 Å². The summed E-state index contributed by atoms with van der Waals surface area (Å²) in [6.07, 6.45) is 3.50. The van der Waals surface area contributed by atoms with Gasteiger partial charge < -0.3 is 20.3 Å². The van der Waals surface area contributed by atoms with Crippen LogP contribution in [-0.4, -0.2) is 56.7 Å². The molecule has 0 bridgehead atoms. The second-order valence-electron chi connectivity index (χ2n) is 6.99. The molecular formula is C21H34N4O2. The number of amides is 1. The highest BCUT2D eigenvalue weighted by atomic mass is 16.5. The second-order valence-corrected chi connectivity index (χ2v) is 6.99. The smallest absolute Gasteiger partial charge is 0.251 e. The van der Waals surface area contributed by atoms with Gasteiger partial charge in [-0.15, -0.1) is 0 Å². The first-order valence-corrected chi connectivity index (χ1v) is 10.1. The maximum absolute atomic E-state index is 11.8. The average Bonchev–Trinajstić information content (AvgIpc) is 2.70. The first kappa shape index (κ1) is 21.2. The minimum absolute atomic E-state index is 0.0336. The molecule has 150 valence electrons. The molecule has 6 heteroatoms. The number of rotatable bonds is 8. The monoisotopic (exact) mass is 374 g/mol. The van der Waals surface area contributed by atoms with E-state index in [1.807, 2.05) is 31.2 Å². The van der Waals surface area contributed by atoms with Gasteiger partial charge in [0.2, 0.25) is 0 Å². The zero-order chi connectivity index (χ0) is 19.5. The Labute approximate surface area is 163 Å². The molecule has 27 heavy (non-hydrogen) atoms. The Kier molecular flexibility index (Phi) is 9.11. The molecule has 1 fully saturated rings. The van der Waals surface area contributed by atoms with E-state index < -0.39 is 0 Å². The molecular weight excluding hydrogens is 340 g/mol. The molecule has 1 aromatic rings. The fourth-order valence-corrected chi connectivity index (χ4v) is 3.18. The number of carbonyl (C=O) groups is 1. The number of ether oxygens (including phenoxy) is 1. The lowest BCUT2D eigenvalue weighted by molar-refractivity contribution is 0.0625. The lowest BCUT2D eigenvalue weighted by Gasteiger charge is -2.26. The maximum atomic E-state index is 11.8. The van der Waals surface area contributed by atoms with Crippen molar-refractivity contribution in [1.82, 2.24) is 15.5 Å². The van der Waals surface area contributed by atoms with Crippen LogP contribution in [0.3, 0.4) is 0 Å². The van der Waals surface area contributed by atoms with Gasteiger partial charge in [-0.1, -0.05) is 12.1 Å². The summed E-state index contributed by atoms with van der Waals surface area (Å²) in [6, 6.07) is 7.66. The minimum atomic E-state index is -0.0336. The van der Waals surface area contributed by atoms with Crippen LogP contribution < -0.4 is 10.6 Å². The Hall–Kier alpha value is -2.08. The first-order chi connectivity index (χ1) is 13.1. The molecule has 0 unspecified atom stereocenters. The van der Waals surface area contributed by atoms with Crippen LogP contribution in [0.2, 0.25) is 0 Å². The lowest BCUT2D eigenvalue weighted by atomic mass is 9.96. The van der Waals surface area contributed by atoms with Crippen molar-refractivity contribution in [2.45, 2.75) is 39.7 Å². The highest BCUT2D eigenvalue weighted by Gasteiger charge is 2.15. The van der Waals surface area contributed by atoms with Gasteiger partial charge in [0, 0.05) is 45.5 Å². The van der Waals surface area contributed by atoms with Gasteiger partial charge in [-0.05, 0) is 56.7 Å². The fourth-order valence-electron chi connectivity index (χ4n) is 3.18. The first-order valence-electron chi connectivity index (χ1n) is 10.1. The van der Waals surface area contributed by atoms with Crippen molar-refractivity contribution >= 4 is 11.9 Å². The van der Waals surface area contributed by atoms with Crippen molar-refractivity contribution in [2.75, 3.05) is 39.9 Å². The van der Waals surface area contributed by atoms with Crippen molar-refractivity contribution < 1.29 is 9.53 Å². The Bertz CT molecular complexity index is 595. The predicted octanol–water partition coefficient (Wildman–Crippen LogP) is 2.65. The summed E-state index contributed by atoms with van der Waals surface area (Å²) in [4.78, 5) is 18.8. The largest absolute Gasteiger partial charge is 0.381 e. The third kappa shape index (κ3) is 7.21. The average molecular weight is 375 g/mol. The van der Waals surface area contributed by atoms with Crippen LogP contribution in [0.25, 0.3) is 0 Å². The molecule has 1 saturated heterocycles. The summed E-state index contributed by atoms with van der Waals surface area (Å²) in [5, 5.41) is 6.19. The predicted molar refractivity (Wildman–Crippen MR) is 110 cm³/mol. The van der Waals surface area contributed by atoms with Gasteiger partial charge in [0.1, 0.15) is 0 Å². The van der Waals surface area contributed by atoms with E-state index in [1.165, 1.54) is 19.3 Å². The molecule has 1 heterocycles. The Morgan fingerprint density at radius 2 is 1.81 bits per heavy atom. The lowest BCUT2D eigenvalue weighted by Crippen LogP contribution is -2.40. The van der Waals surface area contributed by atoms with Crippen LogP contribution in [0.4, 0.5) is 0 Å². The van der Waals surface area contributed by atoms with Crippen molar-refractivity contribution in [1.29, 1.82) is 0 Å².